The lowest BCUT2D eigenvalue weighted by atomic mass is 10.1. The third kappa shape index (κ3) is 2.03. The summed E-state index contributed by atoms with van der Waals surface area (Å²) >= 11 is 3.48. The van der Waals surface area contributed by atoms with Gasteiger partial charge in [0.15, 0.2) is 0 Å². The molecule has 1 aromatic heterocycles. The minimum absolute atomic E-state index is 0.213. The van der Waals surface area contributed by atoms with E-state index in [1.165, 1.54) is 0 Å². The summed E-state index contributed by atoms with van der Waals surface area (Å²) in [6, 6.07) is 8.15. The molecule has 2 heterocycles. The second kappa shape index (κ2) is 4.27. The molecule has 0 spiro atoms. The molecule has 0 radical (unpaired) electrons. The van der Waals surface area contributed by atoms with Crippen LogP contribution in [0.15, 0.2) is 34.9 Å². The van der Waals surface area contributed by atoms with Gasteiger partial charge in [-0.05, 0) is 18.6 Å². The fourth-order valence-electron chi connectivity index (χ4n) is 2.30. The molecule has 1 N–H and O–H groups in total. The number of halogens is 1. The second-order valence-corrected chi connectivity index (χ2v) is 5.30. The van der Waals surface area contributed by atoms with Crippen LogP contribution in [0.4, 0.5) is 0 Å². The number of rotatable bonds is 1. The summed E-state index contributed by atoms with van der Waals surface area (Å²) in [5.41, 5.74) is 2.24. The molecule has 3 nitrogen and oxygen atoms in total. The lowest BCUT2D eigenvalue weighted by molar-refractivity contribution is 0.144. The van der Waals surface area contributed by atoms with Gasteiger partial charge in [-0.15, -0.1) is 0 Å². The molecule has 1 aliphatic heterocycles. The lowest BCUT2D eigenvalue weighted by Crippen LogP contribution is -2.22. The highest BCUT2D eigenvalue weighted by atomic mass is 79.9. The summed E-state index contributed by atoms with van der Waals surface area (Å²) in [5.74, 6) is 0.994. The van der Waals surface area contributed by atoms with Crippen molar-refractivity contribution in [3.05, 3.63) is 40.6 Å². The molecule has 1 atom stereocenters. The summed E-state index contributed by atoms with van der Waals surface area (Å²) in [6.07, 6.45) is 3.18. The Balaban J connectivity index is 2.05. The third-order valence-corrected chi connectivity index (χ3v) is 3.64. The number of aromatic nitrogens is 2. The first-order valence-corrected chi connectivity index (χ1v) is 6.52. The Hall–Kier alpha value is -1.13. The maximum atomic E-state index is 9.63. The number of aliphatic hydroxyl groups is 1. The molecule has 1 aromatic carbocycles. The van der Waals surface area contributed by atoms with E-state index in [0.29, 0.717) is 6.42 Å². The van der Waals surface area contributed by atoms with Crippen LogP contribution in [0, 0.1) is 0 Å². The molecular formula is C13H13BrN2O. The molecule has 0 fully saturated rings. The maximum Gasteiger partial charge on any atom is 0.140 e. The highest BCUT2D eigenvalue weighted by molar-refractivity contribution is 9.10. The van der Waals surface area contributed by atoms with Crippen molar-refractivity contribution < 1.29 is 5.11 Å². The van der Waals surface area contributed by atoms with Crippen molar-refractivity contribution in [1.82, 2.24) is 9.55 Å². The van der Waals surface area contributed by atoms with Gasteiger partial charge in [0.2, 0.25) is 0 Å². The van der Waals surface area contributed by atoms with Crippen LogP contribution >= 0.6 is 15.9 Å². The molecule has 0 saturated heterocycles. The van der Waals surface area contributed by atoms with Gasteiger partial charge in [-0.25, -0.2) is 4.98 Å². The highest BCUT2D eigenvalue weighted by Gasteiger charge is 2.20. The van der Waals surface area contributed by atoms with Gasteiger partial charge >= 0.3 is 0 Å². The van der Waals surface area contributed by atoms with Crippen LogP contribution in [0.1, 0.15) is 12.1 Å². The molecule has 0 bridgehead atoms. The van der Waals surface area contributed by atoms with Gasteiger partial charge in [-0.3, -0.25) is 0 Å². The van der Waals surface area contributed by atoms with Gasteiger partial charge < -0.3 is 9.67 Å². The Morgan fingerprint density at radius 3 is 3.12 bits per heavy atom. The Labute approximate surface area is 108 Å². The van der Waals surface area contributed by atoms with Crippen LogP contribution in [-0.2, 0) is 13.0 Å². The van der Waals surface area contributed by atoms with E-state index in [-0.39, 0.29) is 6.10 Å². The summed E-state index contributed by atoms with van der Waals surface area (Å²) in [4.78, 5) is 4.47. The van der Waals surface area contributed by atoms with E-state index in [1.807, 2.05) is 18.3 Å². The van der Waals surface area contributed by atoms with Crippen molar-refractivity contribution >= 4 is 15.9 Å². The predicted molar refractivity (Wildman–Crippen MR) is 69.7 cm³/mol. The van der Waals surface area contributed by atoms with E-state index in [1.54, 1.807) is 0 Å². The number of hydrogen-bond acceptors (Lipinski definition) is 2. The molecule has 0 amide bonds. The number of nitrogens with zero attached hydrogens (tertiary/aromatic N) is 2. The molecule has 0 saturated carbocycles. The molecular weight excluding hydrogens is 280 g/mol. The molecule has 4 heteroatoms. The molecule has 3 rings (SSSR count). The van der Waals surface area contributed by atoms with Crippen LogP contribution < -0.4 is 0 Å². The minimum Gasteiger partial charge on any atom is -0.393 e. The first kappa shape index (κ1) is 11.0. The first-order valence-electron chi connectivity index (χ1n) is 5.72. The van der Waals surface area contributed by atoms with Gasteiger partial charge in [-0.1, -0.05) is 28.1 Å². The largest absolute Gasteiger partial charge is 0.393 e. The van der Waals surface area contributed by atoms with Gasteiger partial charge in [-0.2, -0.15) is 0 Å². The monoisotopic (exact) mass is 292 g/mol. The van der Waals surface area contributed by atoms with E-state index in [2.05, 4.69) is 37.6 Å². The first-order chi connectivity index (χ1) is 8.24. The van der Waals surface area contributed by atoms with Crippen LogP contribution in [-0.4, -0.2) is 20.8 Å². The minimum atomic E-state index is -0.213. The van der Waals surface area contributed by atoms with Crippen molar-refractivity contribution in [1.29, 1.82) is 0 Å². The fraction of sp³-hybridized carbons (Fsp3) is 0.308. The average Bonchev–Trinajstić information content (AvgIpc) is 2.71. The number of imidazole rings is 1. The fourth-order valence-corrected chi connectivity index (χ4v) is 2.70. The number of aliphatic hydroxyl groups excluding tert-OH is 1. The standard InChI is InChI=1S/C13H13BrN2O/c14-10-3-1-2-9(6-10)13-15-8-11-7-12(17)4-5-16(11)13/h1-3,6,8,12,17H,4-5,7H2. The summed E-state index contributed by atoms with van der Waals surface area (Å²) in [5, 5.41) is 9.63. The van der Waals surface area contributed by atoms with Crippen LogP contribution in [0.3, 0.4) is 0 Å². The topological polar surface area (TPSA) is 38.0 Å². The van der Waals surface area contributed by atoms with Crippen LogP contribution in [0.5, 0.6) is 0 Å². The van der Waals surface area contributed by atoms with Crippen LogP contribution in [0.25, 0.3) is 11.4 Å². The van der Waals surface area contributed by atoms with Gasteiger partial charge in [0.05, 0.1) is 6.10 Å². The zero-order chi connectivity index (χ0) is 11.8. The van der Waals surface area contributed by atoms with Crippen molar-refractivity contribution in [2.45, 2.75) is 25.5 Å². The number of benzene rings is 1. The Kier molecular flexibility index (Phi) is 2.76. The normalized spacial score (nSPS) is 19.1. The maximum absolute atomic E-state index is 9.63. The van der Waals surface area contributed by atoms with E-state index in [0.717, 1.165) is 34.5 Å². The molecule has 17 heavy (non-hydrogen) atoms. The number of fused-ring (bicyclic) bond motifs is 1. The molecule has 2 aromatic rings. The SMILES string of the molecule is OC1CCn2c(cnc2-c2cccc(Br)c2)C1. The van der Waals surface area contributed by atoms with E-state index in [9.17, 15) is 5.11 Å². The second-order valence-electron chi connectivity index (χ2n) is 4.38. The Morgan fingerprint density at radius 2 is 2.29 bits per heavy atom. The van der Waals surface area contributed by atoms with Crippen molar-refractivity contribution in [2.75, 3.05) is 0 Å². The average molecular weight is 293 g/mol. The van der Waals surface area contributed by atoms with Crippen molar-refractivity contribution in [2.24, 2.45) is 0 Å². The van der Waals surface area contributed by atoms with Gasteiger partial charge in [0, 0.05) is 34.9 Å². The lowest BCUT2D eigenvalue weighted by Gasteiger charge is -2.21. The number of hydrogen-bond donors (Lipinski definition) is 1. The summed E-state index contributed by atoms with van der Waals surface area (Å²) in [6.45, 7) is 0.846. The van der Waals surface area contributed by atoms with Gasteiger partial charge in [0.1, 0.15) is 5.82 Å². The molecule has 1 aliphatic rings. The van der Waals surface area contributed by atoms with Crippen LogP contribution in [0.2, 0.25) is 0 Å². The summed E-state index contributed by atoms with van der Waals surface area (Å²) < 4.78 is 3.26. The molecule has 88 valence electrons. The zero-order valence-electron chi connectivity index (χ0n) is 9.31. The van der Waals surface area contributed by atoms with E-state index < -0.39 is 0 Å². The molecule has 1 unspecified atom stereocenters. The Bertz CT molecular complexity index is 550. The summed E-state index contributed by atoms with van der Waals surface area (Å²) in [7, 11) is 0. The third-order valence-electron chi connectivity index (χ3n) is 3.15. The predicted octanol–water partition coefficient (Wildman–Crippen LogP) is 2.62. The van der Waals surface area contributed by atoms with Gasteiger partial charge in [0.25, 0.3) is 0 Å². The van der Waals surface area contributed by atoms with E-state index in [4.69, 9.17) is 0 Å². The zero-order valence-corrected chi connectivity index (χ0v) is 10.9. The smallest absolute Gasteiger partial charge is 0.140 e. The highest BCUT2D eigenvalue weighted by Crippen LogP contribution is 2.26. The van der Waals surface area contributed by atoms with Crippen molar-refractivity contribution in [3.63, 3.8) is 0 Å². The molecule has 0 aliphatic carbocycles. The quantitative estimate of drug-likeness (QED) is 0.877. The van der Waals surface area contributed by atoms with Crippen molar-refractivity contribution in [3.8, 4) is 11.4 Å². The van der Waals surface area contributed by atoms with E-state index >= 15 is 0 Å². The Morgan fingerprint density at radius 1 is 1.41 bits per heavy atom.